The maximum atomic E-state index is 13.0. The lowest BCUT2D eigenvalue weighted by Crippen LogP contribution is -2.56. The van der Waals surface area contributed by atoms with E-state index in [0.717, 1.165) is 12.1 Å². The van der Waals surface area contributed by atoms with Crippen molar-refractivity contribution in [1.82, 2.24) is 5.01 Å². The molecule has 1 aliphatic heterocycles. The van der Waals surface area contributed by atoms with Gasteiger partial charge in [-0.1, -0.05) is 0 Å². The van der Waals surface area contributed by atoms with Crippen molar-refractivity contribution in [2.75, 3.05) is 0 Å². The van der Waals surface area contributed by atoms with Crippen LogP contribution in [-0.4, -0.2) is 39.5 Å². The molecule has 3 N–H and O–H groups in total. The van der Waals surface area contributed by atoms with Gasteiger partial charge in [0.2, 0.25) is 5.91 Å². The van der Waals surface area contributed by atoms with Crippen molar-refractivity contribution in [1.29, 1.82) is 0 Å². The van der Waals surface area contributed by atoms with Crippen molar-refractivity contribution in [3.05, 3.63) is 35.4 Å². The standard InChI is InChI=1S/C13H12F3N3O3/c1-7-6-12(22,13(14,15)16)19(18-7)11(21)9-4-2-8(3-5-9)10(17)20/h2-5,22H,6H2,1H3,(H2,17,20)/t12-/m0/s1. The number of halogens is 3. The molecule has 118 valence electrons. The highest BCUT2D eigenvalue weighted by atomic mass is 19.4. The highest BCUT2D eigenvalue weighted by Gasteiger charge is 2.62. The third kappa shape index (κ3) is 2.54. The second-order valence-corrected chi connectivity index (χ2v) is 4.88. The lowest BCUT2D eigenvalue weighted by molar-refractivity contribution is -0.297. The van der Waals surface area contributed by atoms with Crippen LogP contribution in [0, 0.1) is 0 Å². The number of alkyl halides is 3. The van der Waals surface area contributed by atoms with Crippen molar-refractivity contribution < 1.29 is 27.9 Å². The van der Waals surface area contributed by atoms with Crippen LogP contribution in [0.3, 0.4) is 0 Å². The highest BCUT2D eigenvalue weighted by molar-refractivity contribution is 5.99. The first kappa shape index (κ1) is 16.0. The fourth-order valence-electron chi connectivity index (χ4n) is 2.05. The Morgan fingerprint density at radius 1 is 1.27 bits per heavy atom. The van der Waals surface area contributed by atoms with Gasteiger partial charge in [-0.25, -0.2) is 0 Å². The van der Waals surface area contributed by atoms with E-state index in [1.165, 1.54) is 19.1 Å². The van der Waals surface area contributed by atoms with Gasteiger partial charge >= 0.3 is 6.18 Å². The number of carbonyl (C=O) groups excluding carboxylic acids is 2. The van der Waals surface area contributed by atoms with Crippen LogP contribution < -0.4 is 5.73 Å². The van der Waals surface area contributed by atoms with Crippen LogP contribution >= 0.6 is 0 Å². The molecule has 0 saturated carbocycles. The molecular weight excluding hydrogens is 303 g/mol. The van der Waals surface area contributed by atoms with E-state index in [0.29, 0.717) is 0 Å². The molecule has 2 amide bonds. The summed E-state index contributed by atoms with van der Waals surface area (Å²) >= 11 is 0. The van der Waals surface area contributed by atoms with E-state index in [-0.39, 0.29) is 21.8 Å². The SMILES string of the molecule is CC1=NN(C(=O)c2ccc(C(N)=O)cc2)[C@@](O)(C(F)(F)F)C1. The predicted octanol–water partition coefficient (Wildman–Crippen LogP) is 1.26. The molecule has 0 unspecified atom stereocenters. The zero-order valence-electron chi connectivity index (χ0n) is 11.4. The molecule has 0 radical (unpaired) electrons. The van der Waals surface area contributed by atoms with Gasteiger partial charge in [-0.3, -0.25) is 9.59 Å². The Morgan fingerprint density at radius 3 is 2.23 bits per heavy atom. The Morgan fingerprint density at radius 2 is 1.77 bits per heavy atom. The summed E-state index contributed by atoms with van der Waals surface area (Å²) in [5, 5.41) is 13.3. The van der Waals surface area contributed by atoms with Gasteiger partial charge in [0.15, 0.2) is 0 Å². The zero-order valence-corrected chi connectivity index (χ0v) is 11.4. The number of hydrazone groups is 1. The summed E-state index contributed by atoms with van der Waals surface area (Å²) in [6.45, 7) is 1.28. The quantitative estimate of drug-likeness (QED) is 0.860. The van der Waals surface area contributed by atoms with Crippen molar-refractivity contribution in [3.63, 3.8) is 0 Å². The number of hydrogen-bond donors (Lipinski definition) is 2. The number of aliphatic hydroxyl groups is 1. The van der Waals surface area contributed by atoms with Gasteiger partial charge in [0.1, 0.15) is 0 Å². The van der Waals surface area contributed by atoms with E-state index in [1.807, 2.05) is 0 Å². The van der Waals surface area contributed by atoms with Crippen molar-refractivity contribution in [2.24, 2.45) is 10.8 Å². The molecule has 0 aromatic heterocycles. The molecule has 2 rings (SSSR count). The number of hydrogen-bond acceptors (Lipinski definition) is 4. The van der Waals surface area contributed by atoms with Gasteiger partial charge in [-0.2, -0.15) is 23.3 Å². The first-order chi connectivity index (χ1) is 10.1. The topological polar surface area (TPSA) is 96.0 Å². The molecule has 0 bridgehead atoms. The van der Waals surface area contributed by atoms with Crippen LogP contribution in [0.25, 0.3) is 0 Å². The molecule has 1 aromatic rings. The molecule has 1 heterocycles. The Kier molecular flexibility index (Phi) is 3.69. The van der Waals surface area contributed by atoms with Crippen molar-refractivity contribution in [2.45, 2.75) is 25.2 Å². The fraction of sp³-hybridized carbons (Fsp3) is 0.308. The first-order valence-corrected chi connectivity index (χ1v) is 6.14. The molecule has 0 spiro atoms. The minimum absolute atomic E-state index is 0.0155. The Hall–Kier alpha value is -2.42. The molecular formula is C13H12F3N3O3. The van der Waals surface area contributed by atoms with Crippen LogP contribution in [0.4, 0.5) is 13.2 Å². The average molecular weight is 315 g/mol. The van der Waals surface area contributed by atoms with Crippen molar-refractivity contribution in [3.8, 4) is 0 Å². The summed E-state index contributed by atoms with van der Waals surface area (Å²) in [5.74, 6) is -1.87. The summed E-state index contributed by atoms with van der Waals surface area (Å²) in [5.41, 5.74) is 1.57. The molecule has 1 atom stereocenters. The lowest BCUT2D eigenvalue weighted by atomic mass is 10.1. The van der Waals surface area contributed by atoms with E-state index in [1.54, 1.807) is 0 Å². The summed E-state index contributed by atoms with van der Waals surface area (Å²) in [6, 6.07) is 4.69. The number of benzene rings is 1. The summed E-state index contributed by atoms with van der Waals surface area (Å²) in [7, 11) is 0. The molecule has 9 heteroatoms. The molecule has 1 aromatic carbocycles. The third-order valence-electron chi connectivity index (χ3n) is 3.19. The van der Waals surface area contributed by atoms with Gasteiger partial charge in [-0.05, 0) is 31.2 Å². The van der Waals surface area contributed by atoms with Crippen LogP contribution in [0.15, 0.2) is 29.4 Å². The second kappa shape index (κ2) is 5.09. The Balaban J connectivity index is 2.36. The normalized spacial score (nSPS) is 21.7. The summed E-state index contributed by atoms with van der Waals surface area (Å²) < 4.78 is 39.1. The van der Waals surface area contributed by atoms with Gasteiger partial charge in [-0.15, -0.1) is 0 Å². The van der Waals surface area contributed by atoms with Crippen LogP contribution in [0.1, 0.15) is 34.1 Å². The zero-order chi connectivity index (χ0) is 16.7. The summed E-state index contributed by atoms with van der Waals surface area (Å²) in [6.07, 6.45) is -5.88. The lowest BCUT2D eigenvalue weighted by Gasteiger charge is -2.32. The molecule has 22 heavy (non-hydrogen) atoms. The van der Waals surface area contributed by atoms with Crippen LogP contribution in [0.5, 0.6) is 0 Å². The number of carbonyl (C=O) groups is 2. The minimum Gasteiger partial charge on any atom is -0.366 e. The maximum absolute atomic E-state index is 13.0. The second-order valence-electron chi connectivity index (χ2n) is 4.88. The van der Waals surface area contributed by atoms with Crippen LogP contribution in [-0.2, 0) is 0 Å². The number of primary amides is 1. The predicted molar refractivity (Wildman–Crippen MR) is 69.9 cm³/mol. The number of nitrogens with zero attached hydrogens (tertiary/aromatic N) is 2. The summed E-state index contributed by atoms with van der Waals surface area (Å²) in [4.78, 5) is 23.1. The van der Waals surface area contributed by atoms with Gasteiger partial charge in [0.25, 0.3) is 11.6 Å². The van der Waals surface area contributed by atoms with E-state index in [9.17, 15) is 27.9 Å². The van der Waals surface area contributed by atoms with E-state index in [2.05, 4.69) is 5.10 Å². The molecule has 0 aliphatic carbocycles. The minimum atomic E-state index is -5.06. The molecule has 0 fully saturated rings. The first-order valence-electron chi connectivity index (χ1n) is 6.14. The van der Waals surface area contributed by atoms with E-state index < -0.39 is 30.1 Å². The smallest absolute Gasteiger partial charge is 0.366 e. The molecule has 1 aliphatic rings. The Labute approximate surface area is 123 Å². The van der Waals surface area contributed by atoms with E-state index >= 15 is 0 Å². The van der Waals surface area contributed by atoms with Gasteiger partial charge in [0, 0.05) is 23.3 Å². The van der Waals surface area contributed by atoms with Gasteiger partial charge < -0.3 is 10.8 Å². The van der Waals surface area contributed by atoms with Crippen molar-refractivity contribution >= 4 is 17.5 Å². The average Bonchev–Trinajstić information content (AvgIpc) is 2.74. The maximum Gasteiger partial charge on any atom is 0.438 e. The number of amides is 2. The third-order valence-corrected chi connectivity index (χ3v) is 3.19. The fourth-order valence-corrected chi connectivity index (χ4v) is 2.05. The molecule has 6 nitrogen and oxygen atoms in total. The monoisotopic (exact) mass is 315 g/mol. The highest BCUT2D eigenvalue weighted by Crippen LogP contribution is 2.40. The number of nitrogens with two attached hydrogens (primary N) is 1. The Bertz CT molecular complexity index is 655. The van der Waals surface area contributed by atoms with Gasteiger partial charge in [0.05, 0.1) is 0 Å². The largest absolute Gasteiger partial charge is 0.438 e. The molecule has 0 saturated heterocycles. The van der Waals surface area contributed by atoms with E-state index in [4.69, 9.17) is 5.73 Å². The van der Waals surface area contributed by atoms with Crippen LogP contribution in [0.2, 0.25) is 0 Å². The number of rotatable bonds is 2.